The number of aromatic nitrogens is 1. The fourth-order valence-electron chi connectivity index (χ4n) is 8.07. The predicted molar refractivity (Wildman–Crippen MR) is 224 cm³/mol. The van der Waals surface area contributed by atoms with E-state index < -0.39 is 13.7 Å². The fourth-order valence-corrected chi connectivity index (χ4v) is 12.8. The number of carbonyl (C=O) groups excluding carboxylic acids is 1. The van der Waals surface area contributed by atoms with Crippen molar-refractivity contribution in [1.29, 1.82) is 0 Å². The summed E-state index contributed by atoms with van der Waals surface area (Å²) in [6.07, 6.45) is 4.99. The van der Waals surface area contributed by atoms with Crippen LogP contribution in [0.5, 0.6) is 5.75 Å². The van der Waals surface area contributed by atoms with Crippen molar-refractivity contribution < 1.29 is 37.3 Å². The topological polar surface area (TPSA) is 98.5 Å². The summed E-state index contributed by atoms with van der Waals surface area (Å²) in [6.45, 7) is 17.9. The Bertz CT molecular complexity index is 1840. The number of ether oxygens (including phenoxy) is 5. The zero-order valence-corrected chi connectivity index (χ0v) is 35.8. The van der Waals surface area contributed by atoms with E-state index in [4.69, 9.17) is 37.5 Å². The van der Waals surface area contributed by atoms with E-state index in [9.17, 15) is 4.79 Å². The number of oxazole rings is 1. The Morgan fingerprint density at radius 3 is 2.09 bits per heavy atom. The summed E-state index contributed by atoms with van der Waals surface area (Å²) in [5.41, 5.74) is 2.36. The highest BCUT2D eigenvalue weighted by Crippen LogP contribution is 2.42. The van der Waals surface area contributed by atoms with E-state index in [1.165, 1.54) is 10.4 Å². The van der Waals surface area contributed by atoms with Gasteiger partial charge in [-0.25, -0.2) is 4.98 Å². The lowest BCUT2D eigenvalue weighted by Gasteiger charge is -2.47. The summed E-state index contributed by atoms with van der Waals surface area (Å²) in [5, 5.41) is 2.29. The van der Waals surface area contributed by atoms with Crippen molar-refractivity contribution in [2.45, 2.75) is 129 Å². The first-order chi connectivity index (χ1) is 27.2. The average Bonchev–Trinajstić information content (AvgIpc) is 3.66. The minimum absolute atomic E-state index is 0.0800. The highest BCUT2D eigenvalue weighted by Gasteiger charge is 2.52. The number of rotatable bonds is 15. The molecule has 57 heavy (non-hydrogen) atoms. The lowest BCUT2D eigenvalue weighted by Crippen LogP contribution is -2.68. The van der Waals surface area contributed by atoms with Crippen molar-refractivity contribution in [2.24, 2.45) is 5.41 Å². The molecule has 4 aromatic rings. The zero-order valence-electron chi connectivity index (χ0n) is 34.8. The highest BCUT2D eigenvalue weighted by molar-refractivity contribution is 6.99. The Hall–Kier alpha value is -4.06. The third-order valence-electron chi connectivity index (χ3n) is 10.9. The molecule has 0 bridgehead atoms. The van der Waals surface area contributed by atoms with Gasteiger partial charge in [0, 0.05) is 19.3 Å². The smallest absolute Gasteiger partial charge is 0.311 e. The SMILES string of the molecule is C=C1C[C@H](C[C@@H]2C[C@@H](O[Si](c3ccccc3)(c3ccccc3)C(C)(C)C)C[C@H](c3coc(COCc4ccc(OC)cc4)n3)O2)O[C@@H](CCOC(=O)C(C)(C)C)C1. The molecule has 1 aromatic heterocycles. The largest absolute Gasteiger partial charge is 0.497 e. The molecule has 0 unspecified atom stereocenters. The van der Waals surface area contributed by atoms with Crippen LogP contribution in [0.3, 0.4) is 0 Å². The van der Waals surface area contributed by atoms with Crippen molar-refractivity contribution >= 4 is 24.7 Å². The monoisotopic (exact) mass is 795 g/mol. The van der Waals surface area contributed by atoms with Gasteiger partial charge in [0.1, 0.15) is 30.4 Å². The van der Waals surface area contributed by atoms with Crippen LogP contribution in [0, 0.1) is 5.41 Å². The first kappa shape index (κ1) is 42.5. The lowest BCUT2D eigenvalue weighted by molar-refractivity contribution is -0.154. The zero-order chi connectivity index (χ0) is 40.6. The molecule has 9 nitrogen and oxygen atoms in total. The van der Waals surface area contributed by atoms with Crippen molar-refractivity contribution in [1.82, 2.24) is 4.98 Å². The van der Waals surface area contributed by atoms with E-state index in [0.717, 1.165) is 35.4 Å². The van der Waals surface area contributed by atoms with Crippen molar-refractivity contribution in [3.05, 3.63) is 120 Å². The summed E-state index contributed by atoms with van der Waals surface area (Å²) >= 11 is 0. The molecule has 0 amide bonds. The van der Waals surface area contributed by atoms with Gasteiger partial charge < -0.3 is 32.5 Å². The van der Waals surface area contributed by atoms with Crippen LogP contribution >= 0.6 is 0 Å². The Morgan fingerprint density at radius 1 is 0.825 bits per heavy atom. The molecule has 2 aliphatic heterocycles. The fraction of sp³-hybridized carbons (Fsp3) is 0.489. The molecule has 5 atom stereocenters. The summed E-state index contributed by atoms with van der Waals surface area (Å²) in [7, 11) is -1.22. The number of carbonyl (C=O) groups is 1. The summed E-state index contributed by atoms with van der Waals surface area (Å²) in [4.78, 5) is 17.3. The maximum Gasteiger partial charge on any atom is 0.311 e. The Balaban J connectivity index is 1.23. The third-order valence-corrected chi connectivity index (χ3v) is 16.0. The molecule has 306 valence electrons. The molecule has 0 N–H and O–H groups in total. The first-order valence-corrected chi connectivity index (χ1v) is 22.2. The molecule has 3 aromatic carbocycles. The van der Waals surface area contributed by atoms with Crippen LogP contribution in [0.2, 0.25) is 5.04 Å². The molecule has 0 radical (unpaired) electrons. The predicted octanol–water partition coefficient (Wildman–Crippen LogP) is 9.04. The van der Waals surface area contributed by atoms with Crippen LogP contribution in [-0.4, -0.2) is 57.4 Å². The van der Waals surface area contributed by atoms with E-state index in [2.05, 4.69) is 88.0 Å². The Kier molecular flexibility index (Phi) is 13.9. The molecule has 10 heteroatoms. The molecular formula is C47H61NO8Si. The van der Waals surface area contributed by atoms with Crippen LogP contribution < -0.4 is 15.1 Å². The van der Waals surface area contributed by atoms with Gasteiger partial charge in [-0.05, 0) is 73.1 Å². The second kappa shape index (κ2) is 18.7. The van der Waals surface area contributed by atoms with Gasteiger partial charge in [-0.2, -0.15) is 0 Å². The molecule has 0 saturated carbocycles. The third kappa shape index (κ3) is 10.9. The van der Waals surface area contributed by atoms with Crippen LogP contribution in [-0.2, 0) is 41.4 Å². The Morgan fingerprint density at radius 2 is 1.47 bits per heavy atom. The number of hydrogen-bond donors (Lipinski definition) is 0. The van der Waals surface area contributed by atoms with Gasteiger partial charge in [-0.3, -0.25) is 4.79 Å². The molecule has 2 fully saturated rings. The van der Waals surface area contributed by atoms with Crippen LogP contribution in [0.15, 0.2) is 108 Å². The molecule has 0 spiro atoms. The molecule has 2 saturated heterocycles. The minimum Gasteiger partial charge on any atom is -0.497 e. The second-order valence-corrected chi connectivity index (χ2v) is 21.8. The maximum atomic E-state index is 12.4. The van der Waals surface area contributed by atoms with Crippen molar-refractivity contribution in [3.8, 4) is 5.75 Å². The summed E-state index contributed by atoms with van der Waals surface area (Å²) < 4.78 is 44.2. The summed E-state index contributed by atoms with van der Waals surface area (Å²) in [6, 6.07) is 29.3. The molecule has 0 aliphatic carbocycles. The summed E-state index contributed by atoms with van der Waals surface area (Å²) in [5.74, 6) is 1.09. The van der Waals surface area contributed by atoms with Crippen LogP contribution in [0.25, 0.3) is 0 Å². The number of methoxy groups -OCH3 is 1. The number of benzene rings is 3. The van der Waals surface area contributed by atoms with E-state index in [1.54, 1.807) is 13.4 Å². The van der Waals surface area contributed by atoms with Gasteiger partial charge >= 0.3 is 5.97 Å². The lowest BCUT2D eigenvalue weighted by atomic mass is 9.91. The molecule has 2 aliphatic rings. The van der Waals surface area contributed by atoms with Gasteiger partial charge in [0.05, 0.1) is 50.2 Å². The molecular weight excluding hydrogens is 735 g/mol. The van der Waals surface area contributed by atoms with E-state index in [-0.39, 0.29) is 48.1 Å². The normalized spacial score (nSPS) is 21.9. The van der Waals surface area contributed by atoms with E-state index >= 15 is 0 Å². The molecule has 6 rings (SSSR count). The number of hydrogen-bond acceptors (Lipinski definition) is 9. The quantitative estimate of drug-likeness (QED) is 0.0664. The maximum absolute atomic E-state index is 12.4. The highest BCUT2D eigenvalue weighted by atomic mass is 28.4. The number of esters is 1. The first-order valence-electron chi connectivity index (χ1n) is 20.3. The van der Waals surface area contributed by atoms with Gasteiger partial charge in [0.2, 0.25) is 5.89 Å². The van der Waals surface area contributed by atoms with Crippen LogP contribution in [0.1, 0.15) is 103 Å². The van der Waals surface area contributed by atoms with Gasteiger partial charge in [0.15, 0.2) is 0 Å². The van der Waals surface area contributed by atoms with Gasteiger partial charge in [0.25, 0.3) is 8.32 Å². The second-order valence-electron chi connectivity index (χ2n) is 17.6. The van der Waals surface area contributed by atoms with Crippen molar-refractivity contribution in [3.63, 3.8) is 0 Å². The Labute approximate surface area is 340 Å². The van der Waals surface area contributed by atoms with Crippen LogP contribution in [0.4, 0.5) is 0 Å². The van der Waals surface area contributed by atoms with E-state index in [0.29, 0.717) is 44.8 Å². The standard InChI is InChI=1S/C47H61NO8Si/c1-33-25-36(23-24-52-45(49)46(2,3)4)54-37(26-33)27-38-28-39(56-57(47(5,6)7,40-15-11-9-12-16-40)41-17-13-10-14-18-41)29-43(55-38)42-31-53-44(48-42)32-51-30-34-19-21-35(50-8)22-20-34/h9-22,31,36-39,43H,1,23-30,32H2,2-8H3/t36-,37+,38+,39+,43+/m0/s1. The number of nitrogens with zero attached hydrogens (tertiary/aromatic N) is 1. The molecule has 3 heterocycles. The van der Waals surface area contributed by atoms with Gasteiger partial charge in [-0.1, -0.05) is 106 Å². The average molecular weight is 796 g/mol. The van der Waals surface area contributed by atoms with Gasteiger partial charge in [-0.15, -0.1) is 0 Å². The van der Waals surface area contributed by atoms with Crippen molar-refractivity contribution in [2.75, 3.05) is 13.7 Å². The minimum atomic E-state index is -2.87. The van der Waals surface area contributed by atoms with E-state index in [1.807, 2.05) is 45.0 Å².